The topological polar surface area (TPSA) is 57.8 Å². The number of thioether (sulfide) groups is 1. The fourth-order valence-corrected chi connectivity index (χ4v) is 3.69. The van der Waals surface area contributed by atoms with Gasteiger partial charge in [0.05, 0.1) is 10.5 Å². The van der Waals surface area contributed by atoms with Crippen LogP contribution in [0.3, 0.4) is 0 Å². The Morgan fingerprint density at radius 1 is 1.24 bits per heavy atom. The smallest absolute Gasteiger partial charge is 0.238 e. The highest BCUT2D eigenvalue weighted by molar-refractivity contribution is 8.01. The highest BCUT2D eigenvalue weighted by Gasteiger charge is 2.32. The average molecular weight is 309 g/mol. The number of aromatic amines is 1. The highest BCUT2D eigenvalue weighted by Crippen LogP contribution is 2.44. The number of aryl methyl sites for hydroxylation is 1. The molecule has 0 saturated carbocycles. The largest absolute Gasteiger partial charge is 0.308 e. The molecule has 0 unspecified atom stereocenters. The first kappa shape index (κ1) is 14.1. The number of aromatic nitrogens is 2. The second-order valence-electron chi connectivity index (χ2n) is 4.96. The molecule has 2 aromatic rings. The number of amides is 1. The fraction of sp³-hybridized carbons (Fsp3) is 0.286. The number of rotatable bonds is 1. The molecule has 1 aliphatic rings. The van der Waals surface area contributed by atoms with Gasteiger partial charge in [0, 0.05) is 17.3 Å². The summed E-state index contributed by atoms with van der Waals surface area (Å²) in [6.07, 6.45) is 0. The van der Waals surface area contributed by atoms with E-state index in [4.69, 9.17) is 0 Å². The zero-order valence-electron chi connectivity index (χ0n) is 11.4. The summed E-state index contributed by atoms with van der Waals surface area (Å²) in [5, 5.41) is 8.89. The SMILES string of the molecule is Cc1[nH]nc2c1[C@@H](c1cc(F)cc(F)c1)S[C@H](C)C(=O)N2. The van der Waals surface area contributed by atoms with E-state index in [0.717, 1.165) is 17.3 Å². The van der Waals surface area contributed by atoms with Gasteiger partial charge in [0.2, 0.25) is 5.91 Å². The van der Waals surface area contributed by atoms with Crippen LogP contribution in [0.15, 0.2) is 18.2 Å². The number of fused-ring (bicyclic) bond motifs is 1. The van der Waals surface area contributed by atoms with Crippen molar-refractivity contribution in [3.8, 4) is 0 Å². The van der Waals surface area contributed by atoms with Crippen LogP contribution in [0, 0.1) is 18.6 Å². The third-order valence-electron chi connectivity index (χ3n) is 3.40. The van der Waals surface area contributed by atoms with Gasteiger partial charge < -0.3 is 5.32 Å². The Hall–Kier alpha value is -1.89. The Kier molecular flexibility index (Phi) is 3.44. The van der Waals surface area contributed by atoms with Crippen molar-refractivity contribution in [1.82, 2.24) is 10.2 Å². The summed E-state index contributed by atoms with van der Waals surface area (Å²) < 4.78 is 27.0. The normalized spacial score (nSPS) is 21.6. The van der Waals surface area contributed by atoms with Crippen molar-refractivity contribution in [2.45, 2.75) is 24.3 Å². The molecule has 2 atom stereocenters. The molecule has 7 heteroatoms. The van der Waals surface area contributed by atoms with Gasteiger partial charge in [0.25, 0.3) is 0 Å². The van der Waals surface area contributed by atoms with Gasteiger partial charge >= 0.3 is 0 Å². The van der Waals surface area contributed by atoms with Crippen LogP contribution in [0.5, 0.6) is 0 Å². The third kappa shape index (κ3) is 2.53. The maximum Gasteiger partial charge on any atom is 0.238 e. The van der Waals surface area contributed by atoms with Gasteiger partial charge in [-0.05, 0) is 31.5 Å². The van der Waals surface area contributed by atoms with Crippen LogP contribution in [-0.2, 0) is 4.79 Å². The maximum absolute atomic E-state index is 13.5. The molecule has 110 valence electrons. The molecule has 0 bridgehead atoms. The number of H-pyrrole nitrogens is 1. The van der Waals surface area contributed by atoms with Crippen LogP contribution in [-0.4, -0.2) is 21.4 Å². The van der Waals surface area contributed by atoms with E-state index in [1.54, 1.807) is 6.92 Å². The van der Waals surface area contributed by atoms with Crippen molar-refractivity contribution in [2.24, 2.45) is 0 Å². The molecule has 0 radical (unpaired) electrons. The Morgan fingerprint density at radius 2 is 1.90 bits per heavy atom. The molecule has 1 aromatic carbocycles. The molecule has 0 fully saturated rings. The van der Waals surface area contributed by atoms with Gasteiger partial charge in [0.15, 0.2) is 5.82 Å². The minimum absolute atomic E-state index is 0.174. The van der Waals surface area contributed by atoms with E-state index < -0.39 is 11.6 Å². The first-order valence-corrected chi connectivity index (χ1v) is 7.37. The van der Waals surface area contributed by atoms with E-state index in [-0.39, 0.29) is 16.4 Å². The van der Waals surface area contributed by atoms with Crippen LogP contribution in [0.25, 0.3) is 0 Å². The monoisotopic (exact) mass is 309 g/mol. The quantitative estimate of drug-likeness (QED) is 0.851. The molecule has 4 nitrogen and oxygen atoms in total. The lowest BCUT2D eigenvalue weighted by molar-refractivity contribution is -0.115. The lowest BCUT2D eigenvalue weighted by Gasteiger charge is -2.17. The Bertz CT molecular complexity index is 696. The van der Waals surface area contributed by atoms with Crippen LogP contribution in [0.4, 0.5) is 14.6 Å². The standard InChI is InChI=1S/C14H13F2N3OS/c1-6-11-12(8-3-9(15)5-10(16)4-8)21-7(2)14(20)17-13(11)19-18-6/h3-5,7,12H,1-2H3,(H2,17,18,19,20)/t7-,12-/m1/s1. The molecule has 2 N–H and O–H groups in total. The van der Waals surface area contributed by atoms with Crippen LogP contribution in [0.1, 0.15) is 29.0 Å². The Morgan fingerprint density at radius 3 is 2.57 bits per heavy atom. The van der Waals surface area contributed by atoms with E-state index in [0.29, 0.717) is 11.4 Å². The molecule has 1 aliphatic heterocycles. The Balaban J connectivity index is 2.15. The van der Waals surface area contributed by atoms with E-state index >= 15 is 0 Å². The summed E-state index contributed by atoms with van der Waals surface area (Å²) in [5.41, 5.74) is 2.00. The molecule has 21 heavy (non-hydrogen) atoms. The van der Waals surface area contributed by atoms with Gasteiger partial charge in [-0.15, -0.1) is 11.8 Å². The molecule has 2 heterocycles. The number of carbonyl (C=O) groups excluding carboxylic acids is 1. The minimum atomic E-state index is -0.635. The molecule has 1 amide bonds. The average Bonchev–Trinajstić information content (AvgIpc) is 2.69. The highest BCUT2D eigenvalue weighted by atomic mass is 32.2. The zero-order valence-corrected chi connectivity index (χ0v) is 12.2. The van der Waals surface area contributed by atoms with E-state index in [1.807, 2.05) is 6.92 Å². The second-order valence-corrected chi connectivity index (χ2v) is 6.41. The van der Waals surface area contributed by atoms with E-state index in [1.165, 1.54) is 23.9 Å². The summed E-state index contributed by atoms with van der Waals surface area (Å²) in [6.45, 7) is 3.57. The zero-order chi connectivity index (χ0) is 15.1. The summed E-state index contributed by atoms with van der Waals surface area (Å²) in [7, 11) is 0. The first-order valence-electron chi connectivity index (χ1n) is 6.43. The lowest BCUT2D eigenvalue weighted by Crippen LogP contribution is -2.21. The molecule has 3 rings (SSSR count). The fourth-order valence-electron chi connectivity index (χ4n) is 2.38. The van der Waals surface area contributed by atoms with Gasteiger partial charge in [-0.1, -0.05) is 0 Å². The number of anilines is 1. The molecule has 0 aliphatic carbocycles. The van der Waals surface area contributed by atoms with Crippen molar-refractivity contribution < 1.29 is 13.6 Å². The molecule has 0 saturated heterocycles. The summed E-state index contributed by atoms with van der Waals surface area (Å²) >= 11 is 1.34. The number of benzene rings is 1. The molecule has 1 aromatic heterocycles. The number of nitrogens with zero attached hydrogens (tertiary/aromatic N) is 1. The number of halogens is 2. The van der Waals surface area contributed by atoms with E-state index in [2.05, 4.69) is 15.5 Å². The van der Waals surface area contributed by atoms with Crippen LogP contribution < -0.4 is 5.32 Å². The number of hydrogen-bond donors (Lipinski definition) is 2. The van der Waals surface area contributed by atoms with Gasteiger partial charge in [-0.25, -0.2) is 8.78 Å². The second kappa shape index (κ2) is 5.14. The number of carbonyl (C=O) groups is 1. The third-order valence-corrected chi connectivity index (χ3v) is 4.80. The van der Waals surface area contributed by atoms with Gasteiger partial charge in [-0.3, -0.25) is 9.89 Å². The van der Waals surface area contributed by atoms with E-state index in [9.17, 15) is 13.6 Å². The first-order chi connectivity index (χ1) is 9.95. The van der Waals surface area contributed by atoms with Crippen LogP contribution >= 0.6 is 11.8 Å². The molecular formula is C14H13F2N3OS. The predicted molar refractivity (Wildman–Crippen MR) is 77.2 cm³/mol. The van der Waals surface area contributed by atoms with Crippen molar-refractivity contribution in [3.63, 3.8) is 0 Å². The van der Waals surface area contributed by atoms with Crippen molar-refractivity contribution in [3.05, 3.63) is 46.7 Å². The summed E-state index contributed by atoms with van der Waals surface area (Å²) in [6, 6.07) is 3.42. The Labute approximate surface area is 124 Å². The van der Waals surface area contributed by atoms with Crippen molar-refractivity contribution >= 4 is 23.5 Å². The summed E-state index contributed by atoms with van der Waals surface area (Å²) in [5.74, 6) is -1.02. The lowest BCUT2D eigenvalue weighted by atomic mass is 10.0. The predicted octanol–water partition coefficient (Wildman–Crippen LogP) is 3.16. The van der Waals surface area contributed by atoms with Crippen molar-refractivity contribution in [1.29, 1.82) is 0 Å². The number of hydrogen-bond acceptors (Lipinski definition) is 3. The van der Waals surface area contributed by atoms with Gasteiger partial charge in [-0.2, -0.15) is 5.10 Å². The van der Waals surface area contributed by atoms with Crippen molar-refractivity contribution in [2.75, 3.05) is 5.32 Å². The minimum Gasteiger partial charge on any atom is -0.308 e. The maximum atomic E-state index is 13.5. The summed E-state index contributed by atoms with van der Waals surface area (Å²) in [4.78, 5) is 12.0. The molecular weight excluding hydrogens is 296 g/mol. The van der Waals surface area contributed by atoms with Crippen LogP contribution in [0.2, 0.25) is 0 Å². The van der Waals surface area contributed by atoms with Gasteiger partial charge in [0.1, 0.15) is 11.6 Å². The molecule has 0 spiro atoms. The number of nitrogens with one attached hydrogen (secondary N) is 2.